The summed E-state index contributed by atoms with van der Waals surface area (Å²) < 4.78 is 0. The second-order valence-corrected chi connectivity index (χ2v) is 5.22. The van der Waals surface area contributed by atoms with Gasteiger partial charge in [0.1, 0.15) is 0 Å². The van der Waals surface area contributed by atoms with Gasteiger partial charge in [-0.1, -0.05) is 6.92 Å². The molecule has 1 aromatic rings. The van der Waals surface area contributed by atoms with Crippen molar-refractivity contribution < 1.29 is 14.8 Å². The van der Waals surface area contributed by atoms with Gasteiger partial charge >= 0.3 is 5.97 Å². The Balaban J connectivity index is 2.06. The zero-order valence-corrected chi connectivity index (χ0v) is 11.9. The molecule has 0 bridgehead atoms. The second-order valence-electron chi connectivity index (χ2n) is 5.22. The van der Waals surface area contributed by atoms with E-state index in [4.69, 9.17) is 0 Å². The zero-order chi connectivity index (χ0) is 15.4. The maximum absolute atomic E-state index is 11.2. The number of nitrogens with zero attached hydrogens (tertiary/aromatic N) is 2. The molecule has 1 fully saturated rings. The molecule has 114 valence electrons. The van der Waals surface area contributed by atoms with Gasteiger partial charge < -0.3 is 15.3 Å². The number of nitro groups is 1. The Morgan fingerprint density at radius 2 is 2.33 bits per heavy atom. The average Bonchev–Trinajstić information content (AvgIpc) is 2.92. The highest BCUT2D eigenvalue weighted by Crippen LogP contribution is 2.23. The quantitative estimate of drug-likeness (QED) is 0.615. The fourth-order valence-corrected chi connectivity index (χ4v) is 2.60. The molecule has 1 atom stereocenters. The van der Waals surface area contributed by atoms with E-state index in [2.05, 4.69) is 17.1 Å². The number of non-ortho nitro benzene ring substituents is 1. The van der Waals surface area contributed by atoms with Crippen LogP contribution in [0.15, 0.2) is 18.2 Å². The van der Waals surface area contributed by atoms with Crippen molar-refractivity contribution in [3.05, 3.63) is 33.9 Å². The number of rotatable bonds is 6. The highest BCUT2D eigenvalue weighted by molar-refractivity contribution is 5.95. The van der Waals surface area contributed by atoms with Gasteiger partial charge in [0.2, 0.25) is 0 Å². The maximum Gasteiger partial charge on any atom is 0.338 e. The predicted molar refractivity (Wildman–Crippen MR) is 78.8 cm³/mol. The van der Waals surface area contributed by atoms with Gasteiger partial charge in [0.25, 0.3) is 5.69 Å². The topological polar surface area (TPSA) is 95.7 Å². The highest BCUT2D eigenvalue weighted by atomic mass is 16.6. The molecule has 2 N–H and O–H groups in total. The monoisotopic (exact) mass is 293 g/mol. The van der Waals surface area contributed by atoms with Crippen molar-refractivity contribution in [2.45, 2.75) is 13.3 Å². The lowest BCUT2D eigenvalue weighted by molar-refractivity contribution is -0.384. The van der Waals surface area contributed by atoms with Crippen molar-refractivity contribution in [1.29, 1.82) is 0 Å². The van der Waals surface area contributed by atoms with Crippen molar-refractivity contribution >= 4 is 17.3 Å². The van der Waals surface area contributed by atoms with Crippen molar-refractivity contribution in [2.24, 2.45) is 5.92 Å². The first-order valence-electron chi connectivity index (χ1n) is 6.99. The zero-order valence-electron chi connectivity index (χ0n) is 11.9. The minimum absolute atomic E-state index is 0.0606. The second kappa shape index (κ2) is 6.53. The summed E-state index contributed by atoms with van der Waals surface area (Å²) in [4.78, 5) is 23.7. The summed E-state index contributed by atoms with van der Waals surface area (Å²) >= 11 is 0. The van der Waals surface area contributed by atoms with Gasteiger partial charge in [-0.3, -0.25) is 10.1 Å². The van der Waals surface area contributed by atoms with Crippen molar-refractivity contribution in [1.82, 2.24) is 4.90 Å². The fraction of sp³-hybridized carbons (Fsp3) is 0.500. The molecule has 0 spiro atoms. The summed E-state index contributed by atoms with van der Waals surface area (Å²) in [5.41, 5.74) is 0.161. The van der Waals surface area contributed by atoms with Crippen molar-refractivity contribution in [3.8, 4) is 0 Å². The molecule has 2 rings (SSSR count). The standard InChI is InChI=1S/C14H19N3O4/c1-2-16-6-5-10(9-16)8-15-13-4-3-11(17(20)21)7-12(13)14(18)19/h3-4,7,10,15H,2,5-6,8-9H2,1H3,(H,18,19). The Hall–Kier alpha value is -2.15. The van der Waals surface area contributed by atoms with E-state index in [1.165, 1.54) is 12.1 Å². The molecule has 0 radical (unpaired) electrons. The smallest absolute Gasteiger partial charge is 0.338 e. The molecule has 0 aliphatic carbocycles. The van der Waals surface area contributed by atoms with Crippen LogP contribution >= 0.6 is 0 Å². The van der Waals surface area contributed by atoms with Crippen LogP contribution in [-0.4, -0.2) is 47.1 Å². The summed E-state index contributed by atoms with van der Waals surface area (Å²) in [5.74, 6) is -0.690. The van der Waals surface area contributed by atoms with Crippen LogP contribution < -0.4 is 5.32 Å². The fourth-order valence-electron chi connectivity index (χ4n) is 2.60. The van der Waals surface area contributed by atoms with Gasteiger partial charge in [-0.05, 0) is 31.5 Å². The number of nitro benzene ring substituents is 1. The summed E-state index contributed by atoms with van der Waals surface area (Å²) in [7, 11) is 0. The van der Waals surface area contributed by atoms with E-state index in [0.717, 1.165) is 32.1 Å². The summed E-state index contributed by atoms with van der Waals surface area (Å²) in [6.45, 7) is 5.88. The number of benzene rings is 1. The van der Waals surface area contributed by atoms with Gasteiger partial charge in [0.05, 0.1) is 10.5 Å². The molecular weight excluding hydrogens is 274 g/mol. The highest BCUT2D eigenvalue weighted by Gasteiger charge is 2.22. The lowest BCUT2D eigenvalue weighted by Crippen LogP contribution is -2.22. The van der Waals surface area contributed by atoms with E-state index in [1.807, 2.05) is 0 Å². The number of hydrogen-bond acceptors (Lipinski definition) is 5. The summed E-state index contributed by atoms with van der Waals surface area (Å²) in [5, 5.41) is 23.0. The molecule has 0 amide bonds. The Morgan fingerprint density at radius 3 is 2.90 bits per heavy atom. The first kappa shape index (κ1) is 15.2. The van der Waals surface area contributed by atoms with Gasteiger partial charge in [0.15, 0.2) is 0 Å². The van der Waals surface area contributed by atoms with Crippen LogP contribution in [0.1, 0.15) is 23.7 Å². The van der Waals surface area contributed by atoms with Crippen molar-refractivity contribution in [3.63, 3.8) is 0 Å². The predicted octanol–water partition coefficient (Wildman–Crippen LogP) is 2.05. The molecule has 1 aromatic carbocycles. The average molecular weight is 293 g/mol. The number of anilines is 1. The molecule has 21 heavy (non-hydrogen) atoms. The molecule has 1 aliphatic rings. The van der Waals surface area contributed by atoms with E-state index in [0.29, 0.717) is 18.2 Å². The Morgan fingerprint density at radius 1 is 1.57 bits per heavy atom. The lowest BCUT2D eigenvalue weighted by Gasteiger charge is -2.15. The molecule has 0 saturated carbocycles. The summed E-state index contributed by atoms with van der Waals surface area (Å²) in [6, 6.07) is 3.88. The van der Waals surface area contributed by atoms with E-state index in [1.54, 1.807) is 0 Å². The van der Waals surface area contributed by atoms with Gasteiger partial charge in [-0.15, -0.1) is 0 Å². The minimum Gasteiger partial charge on any atom is -0.478 e. The number of nitrogens with one attached hydrogen (secondary N) is 1. The third-order valence-corrected chi connectivity index (χ3v) is 3.84. The molecule has 1 saturated heterocycles. The SMILES string of the molecule is CCN1CCC(CNc2ccc([N+](=O)[O-])cc2C(=O)O)C1. The first-order valence-corrected chi connectivity index (χ1v) is 6.99. The Kier molecular flexibility index (Phi) is 4.74. The van der Waals surface area contributed by atoms with Crippen LogP contribution in [0.5, 0.6) is 0 Å². The first-order chi connectivity index (χ1) is 10.0. The molecule has 1 heterocycles. The third-order valence-electron chi connectivity index (χ3n) is 3.84. The number of carboxylic acids is 1. The lowest BCUT2D eigenvalue weighted by atomic mass is 10.1. The number of likely N-dealkylation sites (tertiary alicyclic amines) is 1. The van der Waals surface area contributed by atoms with E-state index >= 15 is 0 Å². The Bertz CT molecular complexity index is 547. The van der Waals surface area contributed by atoms with Gasteiger partial charge in [0, 0.05) is 30.9 Å². The molecule has 7 nitrogen and oxygen atoms in total. The minimum atomic E-state index is -1.16. The molecule has 1 aliphatic heterocycles. The van der Waals surface area contributed by atoms with Gasteiger partial charge in [-0.2, -0.15) is 0 Å². The van der Waals surface area contributed by atoms with Crippen LogP contribution in [-0.2, 0) is 0 Å². The van der Waals surface area contributed by atoms with E-state index in [9.17, 15) is 20.0 Å². The van der Waals surface area contributed by atoms with Crippen LogP contribution in [0.3, 0.4) is 0 Å². The number of carbonyl (C=O) groups is 1. The molecular formula is C14H19N3O4. The Labute approximate surface area is 122 Å². The van der Waals surface area contributed by atoms with E-state index in [-0.39, 0.29) is 11.3 Å². The van der Waals surface area contributed by atoms with Gasteiger partial charge in [-0.25, -0.2) is 4.79 Å². The van der Waals surface area contributed by atoms with Crippen LogP contribution in [0, 0.1) is 16.0 Å². The normalized spacial score (nSPS) is 18.6. The largest absolute Gasteiger partial charge is 0.478 e. The van der Waals surface area contributed by atoms with Crippen LogP contribution in [0.25, 0.3) is 0 Å². The van der Waals surface area contributed by atoms with Crippen molar-refractivity contribution in [2.75, 3.05) is 31.5 Å². The maximum atomic E-state index is 11.2. The van der Waals surface area contributed by atoms with Crippen LogP contribution in [0.4, 0.5) is 11.4 Å². The number of hydrogen-bond donors (Lipinski definition) is 2. The molecule has 1 unspecified atom stereocenters. The number of carboxylic acid groups (broad SMARTS) is 1. The third kappa shape index (κ3) is 3.69. The van der Waals surface area contributed by atoms with E-state index < -0.39 is 10.9 Å². The number of aromatic carboxylic acids is 1. The molecule has 7 heteroatoms. The summed E-state index contributed by atoms with van der Waals surface area (Å²) in [6.07, 6.45) is 1.08. The molecule has 0 aromatic heterocycles. The van der Waals surface area contributed by atoms with Crippen LogP contribution in [0.2, 0.25) is 0 Å².